The van der Waals surface area contributed by atoms with E-state index in [1.807, 2.05) is 35.1 Å². The van der Waals surface area contributed by atoms with Crippen molar-refractivity contribution in [3.63, 3.8) is 0 Å². The minimum atomic E-state index is -0.0666. The summed E-state index contributed by atoms with van der Waals surface area (Å²) in [7, 11) is 0. The van der Waals surface area contributed by atoms with Gasteiger partial charge in [0.2, 0.25) is 0 Å². The van der Waals surface area contributed by atoms with E-state index in [0.29, 0.717) is 18.7 Å². The third-order valence-electron chi connectivity index (χ3n) is 5.02. The first-order valence-electron chi connectivity index (χ1n) is 10.3. The number of amides is 1. The van der Waals surface area contributed by atoms with Crippen molar-refractivity contribution in [3.8, 4) is 0 Å². The second-order valence-electron chi connectivity index (χ2n) is 7.21. The Morgan fingerprint density at radius 3 is 2.80 bits per heavy atom. The highest BCUT2D eigenvalue weighted by molar-refractivity contribution is 14.1. The number of fused-ring (bicyclic) bond motifs is 1. The number of thioether (sulfide) groups is 1. The number of hydrogen-bond donors (Lipinski definition) is 1. The van der Waals surface area contributed by atoms with Crippen LogP contribution in [-0.2, 0) is 6.54 Å². The lowest BCUT2D eigenvalue weighted by Crippen LogP contribution is -2.28. The maximum Gasteiger partial charge on any atom is 0.252 e. The number of carbonyl (C=O) groups is 1. The molecule has 0 saturated carbocycles. The van der Waals surface area contributed by atoms with Crippen LogP contribution in [-0.4, -0.2) is 51.0 Å². The van der Waals surface area contributed by atoms with Crippen molar-refractivity contribution in [2.24, 2.45) is 0 Å². The molecule has 30 heavy (non-hydrogen) atoms. The fourth-order valence-corrected chi connectivity index (χ4v) is 4.85. The van der Waals surface area contributed by atoms with Crippen molar-refractivity contribution >= 4 is 57.1 Å². The smallest absolute Gasteiger partial charge is 0.252 e. The first-order valence-corrected chi connectivity index (χ1v) is 12.4. The van der Waals surface area contributed by atoms with Gasteiger partial charge in [0.1, 0.15) is 5.82 Å². The second kappa shape index (κ2) is 9.95. The molecule has 7 nitrogen and oxygen atoms in total. The van der Waals surface area contributed by atoms with Gasteiger partial charge in [0, 0.05) is 29.0 Å². The van der Waals surface area contributed by atoms with Crippen molar-refractivity contribution in [3.05, 3.63) is 39.6 Å². The van der Waals surface area contributed by atoms with Crippen LogP contribution in [0.4, 0.5) is 5.82 Å². The highest BCUT2D eigenvalue weighted by Crippen LogP contribution is 2.29. The quantitative estimate of drug-likeness (QED) is 0.267. The van der Waals surface area contributed by atoms with E-state index in [2.05, 4.69) is 44.8 Å². The highest BCUT2D eigenvalue weighted by Gasteiger charge is 2.21. The molecule has 0 spiro atoms. The van der Waals surface area contributed by atoms with Crippen LogP contribution < -0.4 is 10.2 Å². The zero-order valence-corrected chi connectivity index (χ0v) is 19.9. The number of benzene rings is 1. The van der Waals surface area contributed by atoms with Crippen LogP contribution in [0.3, 0.4) is 0 Å². The van der Waals surface area contributed by atoms with E-state index in [1.165, 1.54) is 12.8 Å². The summed E-state index contributed by atoms with van der Waals surface area (Å²) in [4.78, 5) is 24.4. The number of hydrogen-bond acceptors (Lipinski definition) is 6. The van der Waals surface area contributed by atoms with Crippen LogP contribution in [0.1, 0.15) is 36.5 Å². The predicted octanol–water partition coefficient (Wildman–Crippen LogP) is 3.96. The van der Waals surface area contributed by atoms with Gasteiger partial charge in [-0.05, 0) is 54.0 Å². The molecule has 1 saturated heterocycles. The summed E-state index contributed by atoms with van der Waals surface area (Å²) in [5.74, 6) is 1.92. The topological polar surface area (TPSA) is 75.9 Å². The minimum absolute atomic E-state index is 0.0666. The zero-order chi connectivity index (χ0) is 20.9. The van der Waals surface area contributed by atoms with Crippen LogP contribution in [0.5, 0.6) is 0 Å². The second-order valence-corrected chi connectivity index (χ2v) is 9.44. The molecule has 3 heterocycles. The Hall–Kier alpha value is -1.88. The molecule has 1 aromatic carbocycles. The van der Waals surface area contributed by atoms with E-state index < -0.39 is 0 Å². The lowest BCUT2D eigenvalue weighted by molar-refractivity contribution is 0.0951. The first-order chi connectivity index (χ1) is 14.7. The monoisotopic (exact) mass is 536 g/mol. The van der Waals surface area contributed by atoms with Gasteiger partial charge in [-0.3, -0.25) is 4.79 Å². The lowest BCUT2D eigenvalue weighted by atomic mass is 10.2. The molecule has 1 aliphatic heterocycles. The molecule has 2 aromatic heterocycles. The van der Waals surface area contributed by atoms with Crippen LogP contribution in [0.2, 0.25) is 0 Å². The zero-order valence-electron chi connectivity index (χ0n) is 17.0. The fourth-order valence-electron chi connectivity index (χ4n) is 3.53. The Balaban J connectivity index is 1.53. The normalized spacial score (nSPS) is 13.9. The molecule has 3 aromatic rings. The van der Waals surface area contributed by atoms with Crippen LogP contribution in [0, 0.1) is 3.57 Å². The summed E-state index contributed by atoms with van der Waals surface area (Å²) in [5.41, 5.74) is 1.54. The Labute approximate surface area is 194 Å². The number of halogens is 1. The summed E-state index contributed by atoms with van der Waals surface area (Å²) >= 11 is 3.87. The van der Waals surface area contributed by atoms with E-state index in [0.717, 1.165) is 50.8 Å². The molecule has 1 amide bonds. The number of nitrogens with one attached hydrogen (secondary N) is 1. The summed E-state index contributed by atoms with van der Waals surface area (Å²) in [6.45, 7) is 5.27. The standard InChI is InChI=1S/C21H25IN6OS/c1-2-13-30-21-25-18(27-10-5-6-11-27)16-14-24-28(19(16)26-21)12-9-23-20(29)15-7-3-4-8-17(15)22/h3-4,7-8,14H,2,5-6,9-13H2,1H3,(H,23,29). The third kappa shape index (κ3) is 4.72. The van der Waals surface area contributed by atoms with E-state index in [1.54, 1.807) is 11.8 Å². The van der Waals surface area contributed by atoms with Gasteiger partial charge in [0.25, 0.3) is 5.91 Å². The summed E-state index contributed by atoms with van der Waals surface area (Å²) in [6, 6.07) is 7.58. The molecular formula is C21H25IN6OS. The van der Waals surface area contributed by atoms with Crippen molar-refractivity contribution in [1.82, 2.24) is 25.1 Å². The predicted molar refractivity (Wildman–Crippen MR) is 129 cm³/mol. The Morgan fingerprint density at radius 2 is 2.03 bits per heavy atom. The number of anilines is 1. The average molecular weight is 536 g/mol. The van der Waals surface area contributed by atoms with E-state index in [-0.39, 0.29) is 5.91 Å². The molecule has 0 unspecified atom stereocenters. The maximum absolute atomic E-state index is 12.5. The van der Waals surface area contributed by atoms with Crippen molar-refractivity contribution in [2.45, 2.75) is 37.9 Å². The summed E-state index contributed by atoms with van der Waals surface area (Å²) in [5, 5.41) is 9.35. The molecule has 1 fully saturated rings. The molecule has 0 bridgehead atoms. The fraction of sp³-hybridized carbons (Fsp3) is 0.429. The number of aromatic nitrogens is 4. The van der Waals surface area contributed by atoms with Gasteiger partial charge in [-0.15, -0.1) is 0 Å². The van der Waals surface area contributed by atoms with Crippen LogP contribution in [0.25, 0.3) is 11.0 Å². The molecular weight excluding hydrogens is 511 g/mol. The minimum Gasteiger partial charge on any atom is -0.356 e. The number of rotatable bonds is 8. The van der Waals surface area contributed by atoms with Gasteiger partial charge in [0.05, 0.1) is 23.7 Å². The van der Waals surface area contributed by atoms with E-state index in [9.17, 15) is 4.79 Å². The van der Waals surface area contributed by atoms with Crippen LogP contribution >= 0.6 is 34.4 Å². The molecule has 1 N–H and O–H groups in total. The van der Waals surface area contributed by atoms with Gasteiger partial charge in [-0.25, -0.2) is 14.6 Å². The molecule has 0 atom stereocenters. The number of nitrogens with zero attached hydrogens (tertiary/aromatic N) is 5. The Morgan fingerprint density at radius 1 is 1.23 bits per heavy atom. The average Bonchev–Trinajstić information content (AvgIpc) is 3.42. The number of carbonyl (C=O) groups excluding carboxylic acids is 1. The lowest BCUT2D eigenvalue weighted by Gasteiger charge is -2.18. The van der Waals surface area contributed by atoms with Gasteiger partial charge in [-0.1, -0.05) is 30.8 Å². The van der Waals surface area contributed by atoms with Gasteiger partial charge >= 0.3 is 0 Å². The largest absolute Gasteiger partial charge is 0.356 e. The van der Waals surface area contributed by atoms with E-state index in [4.69, 9.17) is 9.97 Å². The van der Waals surface area contributed by atoms with Crippen LogP contribution in [0.15, 0.2) is 35.6 Å². The van der Waals surface area contributed by atoms with E-state index >= 15 is 0 Å². The van der Waals surface area contributed by atoms with Gasteiger partial charge in [0.15, 0.2) is 10.8 Å². The van der Waals surface area contributed by atoms with Crippen molar-refractivity contribution < 1.29 is 4.79 Å². The highest BCUT2D eigenvalue weighted by atomic mass is 127. The Kier molecular flexibility index (Phi) is 7.08. The molecule has 0 radical (unpaired) electrons. The van der Waals surface area contributed by atoms with Crippen molar-refractivity contribution in [1.29, 1.82) is 0 Å². The van der Waals surface area contributed by atoms with Gasteiger partial charge < -0.3 is 10.2 Å². The molecule has 0 aliphatic carbocycles. The molecule has 4 rings (SSSR count). The summed E-state index contributed by atoms with van der Waals surface area (Å²) in [6.07, 6.45) is 5.33. The SMILES string of the molecule is CCCSc1nc(N2CCCC2)c2cnn(CCNC(=O)c3ccccc3I)c2n1. The maximum atomic E-state index is 12.5. The van der Waals surface area contributed by atoms with Gasteiger partial charge in [-0.2, -0.15) is 5.10 Å². The third-order valence-corrected chi connectivity index (χ3v) is 7.02. The first kappa shape index (κ1) is 21.4. The molecule has 9 heteroatoms. The molecule has 158 valence electrons. The Bertz CT molecular complexity index is 1030. The summed E-state index contributed by atoms with van der Waals surface area (Å²) < 4.78 is 2.82. The van der Waals surface area contributed by atoms with Crippen molar-refractivity contribution in [2.75, 3.05) is 30.3 Å². The molecule has 1 aliphatic rings.